The zero-order valence-corrected chi connectivity index (χ0v) is 16.5. The topological polar surface area (TPSA) is 56.7 Å². The van der Waals surface area contributed by atoms with Crippen molar-refractivity contribution < 1.29 is 4.79 Å². The summed E-state index contributed by atoms with van der Waals surface area (Å²) >= 11 is 0. The molecule has 0 aromatic heterocycles. The van der Waals surface area contributed by atoms with E-state index in [4.69, 9.17) is 0 Å². The van der Waals surface area contributed by atoms with Gasteiger partial charge in [-0.3, -0.25) is 4.79 Å². The molecule has 2 rings (SSSR count). The first-order valence-corrected chi connectivity index (χ1v) is 9.86. The minimum Gasteiger partial charge on any atom is -0.354 e. The zero-order valence-electron chi connectivity index (χ0n) is 16.5. The lowest BCUT2D eigenvalue weighted by molar-refractivity contribution is -0.127. The average molecular weight is 359 g/mol. The second-order valence-electron chi connectivity index (χ2n) is 7.50. The van der Waals surface area contributed by atoms with Crippen LogP contribution in [0.15, 0.2) is 35.3 Å². The van der Waals surface area contributed by atoms with Crippen LogP contribution in [-0.2, 0) is 11.2 Å². The number of hydrogen-bond acceptors (Lipinski definition) is 2. The lowest BCUT2D eigenvalue weighted by Crippen LogP contribution is -2.47. The SMILES string of the molecule is CC(CCc1ccccc1)NC(=NCC(=O)N(C)C)NC1CCCCC1. The fourth-order valence-corrected chi connectivity index (χ4v) is 3.19. The van der Waals surface area contributed by atoms with Crippen molar-refractivity contribution in [2.24, 2.45) is 4.99 Å². The van der Waals surface area contributed by atoms with Crippen LogP contribution in [-0.4, -0.2) is 49.5 Å². The van der Waals surface area contributed by atoms with Gasteiger partial charge in [-0.1, -0.05) is 49.6 Å². The number of amides is 1. The number of likely N-dealkylation sites (N-methyl/N-ethyl adjacent to an activating group) is 1. The van der Waals surface area contributed by atoms with Gasteiger partial charge >= 0.3 is 0 Å². The average Bonchev–Trinajstić information content (AvgIpc) is 2.65. The first kappa shape index (κ1) is 20.3. The molecule has 1 unspecified atom stereocenters. The van der Waals surface area contributed by atoms with Gasteiger partial charge in [0.25, 0.3) is 0 Å². The summed E-state index contributed by atoms with van der Waals surface area (Å²) in [6.45, 7) is 2.36. The molecule has 2 N–H and O–H groups in total. The molecule has 0 bridgehead atoms. The second kappa shape index (κ2) is 10.8. The van der Waals surface area contributed by atoms with Crippen molar-refractivity contribution in [2.45, 2.75) is 64.0 Å². The maximum Gasteiger partial charge on any atom is 0.243 e. The standard InChI is InChI=1S/C21H34N4O/c1-17(14-15-18-10-6-4-7-11-18)23-21(22-16-20(26)25(2)3)24-19-12-8-5-9-13-19/h4,6-7,10-11,17,19H,5,8-9,12-16H2,1-3H3,(H2,22,23,24). The Kier molecular flexibility index (Phi) is 8.45. The summed E-state index contributed by atoms with van der Waals surface area (Å²) < 4.78 is 0. The molecular formula is C21H34N4O. The van der Waals surface area contributed by atoms with Gasteiger partial charge < -0.3 is 15.5 Å². The predicted octanol–water partition coefficient (Wildman–Crippen LogP) is 2.96. The van der Waals surface area contributed by atoms with E-state index in [1.165, 1.54) is 37.7 Å². The van der Waals surface area contributed by atoms with Crippen LogP contribution >= 0.6 is 0 Å². The third-order valence-corrected chi connectivity index (χ3v) is 4.91. The maximum atomic E-state index is 11.9. The van der Waals surface area contributed by atoms with E-state index in [1.807, 2.05) is 6.07 Å². The van der Waals surface area contributed by atoms with E-state index >= 15 is 0 Å². The number of aliphatic imine (C=N–C) groups is 1. The van der Waals surface area contributed by atoms with E-state index in [0.717, 1.165) is 18.8 Å². The number of guanidine groups is 1. The highest BCUT2D eigenvalue weighted by atomic mass is 16.2. The molecule has 5 heteroatoms. The summed E-state index contributed by atoms with van der Waals surface area (Å²) in [7, 11) is 3.53. The summed E-state index contributed by atoms with van der Waals surface area (Å²) in [5.41, 5.74) is 1.35. The van der Waals surface area contributed by atoms with Crippen LogP contribution in [0, 0.1) is 0 Å². The summed E-state index contributed by atoms with van der Waals surface area (Å²) in [6, 6.07) is 11.3. The molecule has 1 aliphatic rings. The number of hydrogen-bond donors (Lipinski definition) is 2. The second-order valence-corrected chi connectivity index (χ2v) is 7.50. The van der Waals surface area contributed by atoms with Crippen LogP contribution in [0.5, 0.6) is 0 Å². The summed E-state index contributed by atoms with van der Waals surface area (Å²) in [6.07, 6.45) is 8.28. The number of carbonyl (C=O) groups excluding carboxylic acids is 1. The Bertz CT molecular complexity index is 565. The van der Waals surface area contributed by atoms with Gasteiger partial charge in [-0.25, -0.2) is 4.99 Å². The van der Waals surface area contributed by atoms with E-state index < -0.39 is 0 Å². The minimum atomic E-state index is 0.0201. The molecule has 0 aliphatic heterocycles. The van der Waals surface area contributed by atoms with Gasteiger partial charge in [0.05, 0.1) is 0 Å². The highest BCUT2D eigenvalue weighted by Crippen LogP contribution is 2.17. The fourth-order valence-electron chi connectivity index (χ4n) is 3.19. The molecule has 1 atom stereocenters. The van der Waals surface area contributed by atoms with E-state index in [0.29, 0.717) is 12.1 Å². The Hall–Kier alpha value is -2.04. The number of carbonyl (C=O) groups is 1. The third-order valence-electron chi connectivity index (χ3n) is 4.91. The molecule has 144 valence electrons. The Labute approximate surface area is 158 Å². The molecule has 0 spiro atoms. The predicted molar refractivity (Wildman–Crippen MR) is 108 cm³/mol. The van der Waals surface area contributed by atoms with E-state index in [-0.39, 0.29) is 12.5 Å². The van der Waals surface area contributed by atoms with Gasteiger partial charge in [0, 0.05) is 26.2 Å². The summed E-state index contributed by atoms with van der Waals surface area (Å²) in [4.78, 5) is 18.0. The molecule has 0 heterocycles. The molecule has 26 heavy (non-hydrogen) atoms. The number of nitrogens with zero attached hydrogens (tertiary/aromatic N) is 2. The molecule has 1 saturated carbocycles. The van der Waals surface area contributed by atoms with Crippen molar-refractivity contribution in [3.8, 4) is 0 Å². The van der Waals surface area contributed by atoms with Crippen LogP contribution in [0.25, 0.3) is 0 Å². The first-order valence-electron chi connectivity index (χ1n) is 9.86. The Morgan fingerprint density at radius 3 is 2.54 bits per heavy atom. The van der Waals surface area contributed by atoms with Crippen LogP contribution in [0.4, 0.5) is 0 Å². The van der Waals surface area contributed by atoms with E-state index in [1.54, 1.807) is 19.0 Å². The van der Waals surface area contributed by atoms with E-state index in [2.05, 4.69) is 46.8 Å². The lowest BCUT2D eigenvalue weighted by atomic mass is 9.96. The quantitative estimate of drug-likeness (QED) is 0.582. The third kappa shape index (κ3) is 7.46. The van der Waals surface area contributed by atoms with Crippen LogP contribution in [0.1, 0.15) is 51.0 Å². The maximum absolute atomic E-state index is 11.9. The summed E-state index contributed by atoms with van der Waals surface area (Å²) in [5.74, 6) is 0.791. The Morgan fingerprint density at radius 2 is 1.88 bits per heavy atom. The first-order chi connectivity index (χ1) is 12.5. The van der Waals surface area contributed by atoms with Crippen molar-refractivity contribution in [3.63, 3.8) is 0 Å². The number of rotatable bonds is 7. The van der Waals surface area contributed by atoms with Crippen LogP contribution in [0.2, 0.25) is 0 Å². The van der Waals surface area contributed by atoms with Gasteiger partial charge in [-0.15, -0.1) is 0 Å². The molecule has 5 nitrogen and oxygen atoms in total. The van der Waals surface area contributed by atoms with Crippen LogP contribution in [0.3, 0.4) is 0 Å². The van der Waals surface area contributed by atoms with Crippen molar-refractivity contribution in [1.82, 2.24) is 15.5 Å². The monoisotopic (exact) mass is 358 g/mol. The molecule has 1 amide bonds. The normalized spacial score (nSPS) is 16.8. The number of nitrogens with one attached hydrogen (secondary N) is 2. The molecule has 0 saturated heterocycles. The van der Waals surface area contributed by atoms with Crippen molar-refractivity contribution in [1.29, 1.82) is 0 Å². The van der Waals surface area contributed by atoms with Gasteiger partial charge in [-0.2, -0.15) is 0 Å². The van der Waals surface area contributed by atoms with Crippen molar-refractivity contribution in [3.05, 3.63) is 35.9 Å². The fraction of sp³-hybridized carbons (Fsp3) is 0.619. The van der Waals surface area contributed by atoms with Crippen LogP contribution < -0.4 is 10.6 Å². The van der Waals surface area contributed by atoms with Crippen molar-refractivity contribution in [2.75, 3.05) is 20.6 Å². The molecule has 1 aromatic rings. The molecule has 1 aromatic carbocycles. The lowest BCUT2D eigenvalue weighted by Gasteiger charge is -2.27. The van der Waals surface area contributed by atoms with Crippen molar-refractivity contribution >= 4 is 11.9 Å². The minimum absolute atomic E-state index is 0.0201. The van der Waals surface area contributed by atoms with Gasteiger partial charge in [0.15, 0.2) is 5.96 Å². The zero-order chi connectivity index (χ0) is 18.8. The molecular weight excluding hydrogens is 324 g/mol. The Morgan fingerprint density at radius 1 is 1.19 bits per heavy atom. The largest absolute Gasteiger partial charge is 0.354 e. The van der Waals surface area contributed by atoms with Gasteiger partial charge in [0.2, 0.25) is 5.91 Å². The molecule has 1 aliphatic carbocycles. The van der Waals surface area contributed by atoms with Gasteiger partial charge in [0.1, 0.15) is 6.54 Å². The molecule has 0 radical (unpaired) electrons. The summed E-state index contributed by atoms with van der Waals surface area (Å²) in [5, 5.41) is 7.04. The molecule has 1 fully saturated rings. The Balaban J connectivity index is 1.90. The van der Waals surface area contributed by atoms with Gasteiger partial charge in [-0.05, 0) is 38.2 Å². The number of benzene rings is 1. The number of aryl methyl sites for hydroxylation is 1. The highest BCUT2D eigenvalue weighted by Gasteiger charge is 2.16. The van der Waals surface area contributed by atoms with E-state index in [9.17, 15) is 4.79 Å². The smallest absolute Gasteiger partial charge is 0.243 e. The highest BCUT2D eigenvalue weighted by molar-refractivity contribution is 5.85.